The molecule has 1 amide bonds. The third-order valence-corrected chi connectivity index (χ3v) is 6.52. The standard InChI is InChI=1S/C18H35N5O2S.HI/c1-15(2)21-16(24)13-22-7-9-23(10-8-22)17(19-3)20-14-18(26-4)5-11-25-12-6-18;/h15H,5-14H2,1-4H3,(H,19,20)(H,21,24);1H. The minimum absolute atomic E-state index is 0. The second-order valence-electron chi connectivity index (χ2n) is 7.39. The molecule has 0 atom stereocenters. The SMILES string of the molecule is CN=C(NCC1(SC)CCOCC1)N1CCN(CC(=O)NC(C)C)CC1.I. The number of hydrogen-bond acceptors (Lipinski definition) is 5. The van der Waals surface area contributed by atoms with Gasteiger partial charge in [-0.1, -0.05) is 0 Å². The third kappa shape index (κ3) is 7.94. The van der Waals surface area contributed by atoms with Crippen LogP contribution in [0.15, 0.2) is 4.99 Å². The largest absolute Gasteiger partial charge is 0.381 e. The number of piperazine rings is 1. The lowest BCUT2D eigenvalue weighted by Gasteiger charge is -2.39. The molecular formula is C18H36IN5O2S. The number of hydrogen-bond donors (Lipinski definition) is 2. The van der Waals surface area contributed by atoms with Gasteiger partial charge in [0.25, 0.3) is 0 Å². The maximum Gasteiger partial charge on any atom is 0.234 e. The molecule has 0 bridgehead atoms. The second-order valence-corrected chi connectivity index (χ2v) is 8.66. The number of carbonyl (C=O) groups is 1. The molecule has 2 N–H and O–H groups in total. The molecule has 9 heteroatoms. The van der Waals surface area contributed by atoms with Crippen LogP contribution in [0.5, 0.6) is 0 Å². The molecule has 0 aromatic carbocycles. The molecule has 2 aliphatic heterocycles. The fraction of sp³-hybridized carbons (Fsp3) is 0.889. The quantitative estimate of drug-likeness (QED) is 0.317. The summed E-state index contributed by atoms with van der Waals surface area (Å²) in [4.78, 5) is 20.9. The van der Waals surface area contributed by atoms with Crippen molar-refractivity contribution in [2.75, 3.05) is 65.8 Å². The number of carbonyl (C=O) groups excluding carboxylic acids is 1. The van der Waals surface area contributed by atoms with Crippen LogP contribution in [-0.2, 0) is 9.53 Å². The molecule has 0 saturated carbocycles. The molecule has 158 valence electrons. The van der Waals surface area contributed by atoms with E-state index in [1.54, 1.807) is 0 Å². The molecule has 2 rings (SSSR count). The van der Waals surface area contributed by atoms with Gasteiger partial charge in [-0.15, -0.1) is 24.0 Å². The normalized spacial score (nSPS) is 20.9. The molecule has 0 unspecified atom stereocenters. The van der Waals surface area contributed by atoms with E-state index in [0.29, 0.717) is 6.54 Å². The minimum Gasteiger partial charge on any atom is -0.381 e. The molecule has 7 nitrogen and oxygen atoms in total. The Labute approximate surface area is 185 Å². The molecule has 2 saturated heterocycles. The van der Waals surface area contributed by atoms with Gasteiger partial charge in [-0.2, -0.15) is 11.8 Å². The van der Waals surface area contributed by atoms with Crippen LogP contribution in [0.3, 0.4) is 0 Å². The van der Waals surface area contributed by atoms with Gasteiger partial charge in [0, 0.05) is 63.8 Å². The molecule has 2 heterocycles. The summed E-state index contributed by atoms with van der Waals surface area (Å²) < 4.78 is 5.76. The molecule has 0 aliphatic carbocycles. The van der Waals surface area contributed by atoms with Crippen LogP contribution in [0, 0.1) is 0 Å². The van der Waals surface area contributed by atoms with E-state index in [2.05, 4.69) is 31.7 Å². The summed E-state index contributed by atoms with van der Waals surface area (Å²) >= 11 is 1.94. The lowest BCUT2D eigenvalue weighted by Crippen LogP contribution is -2.56. The summed E-state index contributed by atoms with van der Waals surface area (Å²) in [6.07, 6.45) is 4.35. The highest BCUT2D eigenvalue weighted by Crippen LogP contribution is 2.33. The van der Waals surface area contributed by atoms with E-state index in [-0.39, 0.29) is 40.7 Å². The molecular weight excluding hydrogens is 477 g/mol. The zero-order valence-electron chi connectivity index (χ0n) is 17.1. The number of halogens is 1. The summed E-state index contributed by atoms with van der Waals surface area (Å²) in [5.41, 5.74) is 0. The number of thioether (sulfide) groups is 1. The van der Waals surface area contributed by atoms with Crippen molar-refractivity contribution in [2.45, 2.75) is 37.5 Å². The number of guanidine groups is 1. The first-order chi connectivity index (χ1) is 12.5. The van der Waals surface area contributed by atoms with E-state index >= 15 is 0 Å². The molecule has 0 aromatic heterocycles. The van der Waals surface area contributed by atoms with Gasteiger partial charge in [-0.05, 0) is 32.9 Å². The Balaban J connectivity index is 0.00000364. The number of aliphatic imine (C=N–C) groups is 1. The summed E-state index contributed by atoms with van der Waals surface area (Å²) in [5.74, 6) is 1.08. The van der Waals surface area contributed by atoms with Crippen LogP contribution in [0.2, 0.25) is 0 Å². The average Bonchev–Trinajstić information content (AvgIpc) is 2.63. The van der Waals surface area contributed by atoms with E-state index in [4.69, 9.17) is 4.74 Å². The lowest BCUT2D eigenvalue weighted by atomic mass is 9.99. The van der Waals surface area contributed by atoms with Gasteiger partial charge in [-0.25, -0.2) is 0 Å². The lowest BCUT2D eigenvalue weighted by molar-refractivity contribution is -0.123. The van der Waals surface area contributed by atoms with Gasteiger partial charge in [-0.3, -0.25) is 14.7 Å². The topological polar surface area (TPSA) is 69.2 Å². The Bertz CT molecular complexity index is 478. The van der Waals surface area contributed by atoms with Crippen LogP contribution in [-0.4, -0.2) is 98.2 Å². The fourth-order valence-electron chi connectivity index (χ4n) is 3.46. The Morgan fingerprint density at radius 1 is 1.22 bits per heavy atom. The van der Waals surface area contributed by atoms with Crippen molar-refractivity contribution in [3.05, 3.63) is 0 Å². The minimum atomic E-state index is 0. The number of nitrogens with one attached hydrogen (secondary N) is 2. The summed E-state index contributed by atoms with van der Waals surface area (Å²) in [6.45, 7) is 10.6. The monoisotopic (exact) mass is 513 g/mol. The van der Waals surface area contributed by atoms with E-state index in [0.717, 1.165) is 64.7 Å². The van der Waals surface area contributed by atoms with E-state index < -0.39 is 0 Å². The molecule has 2 fully saturated rings. The number of rotatable bonds is 6. The van der Waals surface area contributed by atoms with Crippen molar-refractivity contribution in [3.63, 3.8) is 0 Å². The van der Waals surface area contributed by atoms with E-state index in [1.807, 2.05) is 32.7 Å². The van der Waals surface area contributed by atoms with Gasteiger partial charge < -0.3 is 20.3 Å². The first-order valence-corrected chi connectivity index (χ1v) is 10.8. The Kier molecular flexibility index (Phi) is 11.3. The van der Waals surface area contributed by atoms with Gasteiger partial charge >= 0.3 is 0 Å². The van der Waals surface area contributed by atoms with Crippen molar-refractivity contribution >= 4 is 47.6 Å². The highest BCUT2D eigenvalue weighted by Gasteiger charge is 2.32. The molecule has 2 aliphatic rings. The maximum atomic E-state index is 11.9. The van der Waals surface area contributed by atoms with Crippen LogP contribution in [0.1, 0.15) is 26.7 Å². The van der Waals surface area contributed by atoms with Crippen LogP contribution < -0.4 is 10.6 Å². The fourth-order valence-corrected chi connectivity index (χ4v) is 4.25. The smallest absolute Gasteiger partial charge is 0.234 e. The zero-order valence-corrected chi connectivity index (χ0v) is 20.3. The molecule has 0 spiro atoms. The van der Waals surface area contributed by atoms with Crippen LogP contribution >= 0.6 is 35.7 Å². The number of amides is 1. The number of nitrogens with zero attached hydrogens (tertiary/aromatic N) is 3. The van der Waals surface area contributed by atoms with Gasteiger partial charge in [0.2, 0.25) is 5.91 Å². The zero-order chi connectivity index (χ0) is 19.0. The molecule has 0 aromatic rings. The van der Waals surface area contributed by atoms with Crippen LogP contribution in [0.4, 0.5) is 0 Å². The molecule has 27 heavy (non-hydrogen) atoms. The van der Waals surface area contributed by atoms with Gasteiger partial charge in [0.1, 0.15) is 0 Å². The predicted octanol–water partition coefficient (Wildman–Crippen LogP) is 1.23. The van der Waals surface area contributed by atoms with E-state index in [1.165, 1.54) is 0 Å². The highest BCUT2D eigenvalue weighted by molar-refractivity contribution is 14.0. The van der Waals surface area contributed by atoms with Crippen molar-refractivity contribution in [3.8, 4) is 0 Å². The highest BCUT2D eigenvalue weighted by atomic mass is 127. The first kappa shape index (κ1) is 24.8. The molecule has 0 radical (unpaired) electrons. The maximum absolute atomic E-state index is 11.9. The van der Waals surface area contributed by atoms with Crippen LogP contribution in [0.25, 0.3) is 0 Å². The van der Waals surface area contributed by atoms with E-state index in [9.17, 15) is 4.79 Å². The number of ether oxygens (including phenoxy) is 1. The second kappa shape index (κ2) is 12.3. The summed E-state index contributed by atoms with van der Waals surface area (Å²) in [7, 11) is 1.85. The Hall–Kier alpha value is -0.260. The van der Waals surface area contributed by atoms with Crippen molar-refractivity contribution < 1.29 is 9.53 Å². The van der Waals surface area contributed by atoms with Crippen molar-refractivity contribution in [2.24, 2.45) is 4.99 Å². The predicted molar refractivity (Wildman–Crippen MR) is 124 cm³/mol. The van der Waals surface area contributed by atoms with Gasteiger partial charge in [0.05, 0.1) is 6.54 Å². The van der Waals surface area contributed by atoms with Crippen molar-refractivity contribution in [1.29, 1.82) is 0 Å². The van der Waals surface area contributed by atoms with Gasteiger partial charge in [0.15, 0.2) is 5.96 Å². The third-order valence-electron chi connectivity index (χ3n) is 5.11. The summed E-state index contributed by atoms with van der Waals surface area (Å²) in [5, 5.41) is 6.54. The first-order valence-electron chi connectivity index (χ1n) is 9.58. The average molecular weight is 513 g/mol. The van der Waals surface area contributed by atoms with Crippen molar-refractivity contribution in [1.82, 2.24) is 20.4 Å². The Morgan fingerprint density at radius 3 is 2.37 bits per heavy atom. The Morgan fingerprint density at radius 2 is 1.85 bits per heavy atom. The summed E-state index contributed by atoms with van der Waals surface area (Å²) in [6, 6.07) is 0.195.